The molecule has 0 amide bonds. The molecule has 0 aliphatic rings. The molecule has 0 radical (unpaired) electrons. The van der Waals surface area contributed by atoms with Gasteiger partial charge in [-0.3, -0.25) is 4.79 Å². The van der Waals surface area contributed by atoms with Crippen molar-refractivity contribution in [3.05, 3.63) is 0 Å². The van der Waals surface area contributed by atoms with Gasteiger partial charge in [-0.15, -0.1) is 0 Å². The standard InChI is InChI=1S/C14H28O3S/c1-4-5-6-7-8-9-10-11-12-14(15)13(2)18(3,16)17/h13H,4-12H2,1-3H3. The van der Waals surface area contributed by atoms with Crippen LogP contribution >= 0.6 is 0 Å². The number of carbonyl (C=O) groups excluding carboxylic acids is 1. The van der Waals surface area contributed by atoms with Crippen molar-refractivity contribution in [1.29, 1.82) is 0 Å². The van der Waals surface area contributed by atoms with E-state index in [0.717, 1.165) is 25.5 Å². The molecule has 0 aromatic carbocycles. The molecule has 0 aliphatic carbocycles. The third kappa shape index (κ3) is 8.67. The molecule has 0 heterocycles. The Bertz CT molecular complexity index is 320. The van der Waals surface area contributed by atoms with Crippen LogP contribution in [0.15, 0.2) is 0 Å². The van der Waals surface area contributed by atoms with E-state index in [2.05, 4.69) is 6.92 Å². The van der Waals surface area contributed by atoms with E-state index in [-0.39, 0.29) is 5.78 Å². The summed E-state index contributed by atoms with van der Waals surface area (Å²) in [4.78, 5) is 11.6. The number of ketones is 1. The van der Waals surface area contributed by atoms with Crippen LogP contribution in [0.3, 0.4) is 0 Å². The number of sulfone groups is 1. The molecule has 0 rings (SSSR count). The lowest BCUT2D eigenvalue weighted by Gasteiger charge is -2.07. The van der Waals surface area contributed by atoms with Crippen molar-refractivity contribution in [3.8, 4) is 0 Å². The lowest BCUT2D eigenvalue weighted by molar-refractivity contribution is -0.118. The van der Waals surface area contributed by atoms with E-state index >= 15 is 0 Å². The lowest BCUT2D eigenvalue weighted by Crippen LogP contribution is -2.25. The molecule has 0 aliphatic heterocycles. The van der Waals surface area contributed by atoms with Gasteiger partial charge in [-0.2, -0.15) is 0 Å². The Kier molecular flexibility index (Phi) is 9.34. The third-order valence-corrected chi connectivity index (χ3v) is 4.92. The summed E-state index contributed by atoms with van der Waals surface area (Å²) in [5.41, 5.74) is 0. The summed E-state index contributed by atoms with van der Waals surface area (Å²) in [5.74, 6) is -0.136. The van der Waals surface area contributed by atoms with Crippen LogP contribution in [0.1, 0.15) is 71.6 Å². The average Bonchev–Trinajstić information content (AvgIpc) is 2.30. The lowest BCUT2D eigenvalue weighted by atomic mass is 10.1. The van der Waals surface area contributed by atoms with Crippen LogP contribution in [0.2, 0.25) is 0 Å². The third-order valence-electron chi connectivity index (χ3n) is 3.37. The molecule has 0 spiro atoms. The summed E-state index contributed by atoms with van der Waals surface area (Å²) < 4.78 is 22.4. The Morgan fingerprint density at radius 1 is 0.944 bits per heavy atom. The van der Waals surface area contributed by atoms with Crippen molar-refractivity contribution in [2.45, 2.75) is 76.9 Å². The largest absolute Gasteiger partial charge is 0.298 e. The molecule has 1 atom stereocenters. The first-order valence-corrected chi connectivity index (χ1v) is 9.06. The van der Waals surface area contributed by atoms with E-state index in [4.69, 9.17) is 0 Å². The first kappa shape index (κ1) is 17.6. The zero-order chi connectivity index (χ0) is 14.0. The summed E-state index contributed by atoms with van der Waals surface area (Å²) in [7, 11) is -3.21. The van der Waals surface area contributed by atoms with Crippen LogP contribution in [-0.4, -0.2) is 25.7 Å². The zero-order valence-electron chi connectivity index (χ0n) is 12.1. The highest BCUT2D eigenvalue weighted by molar-refractivity contribution is 7.92. The highest BCUT2D eigenvalue weighted by Crippen LogP contribution is 2.11. The number of carbonyl (C=O) groups is 1. The van der Waals surface area contributed by atoms with Crippen molar-refractivity contribution >= 4 is 15.6 Å². The van der Waals surface area contributed by atoms with Gasteiger partial charge < -0.3 is 0 Å². The molecule has 0 aromatic rings. The van der Waals surface area contributed by atoms with Crippen molar-refractivity contribution < 1.29 is 13.2 Å². The summed E-state index contributed by atoms with van der Waals surface area (Å²) in [6.07, 6.45) is 10.9. The minimum atomic E-state index is -3.21. The minimum Gasteiger partial charge on any atom is -0.298 e. The fourth-order valence-corrected chi connectivity index (χ4v) is 2.47. The predicted octanol–water partition coefficient (Wildman–Crippen LogP) is 3.52. The second-order valence-electron chi connectivity index (χ2n) is 5.16. The van der Waals surface area contributed by atoms with Gasteiger partial charge in [-0.1, -0.05) is 51.9 Å². The molecule has 0 saturated carbocycles. The Morgan fingerprint density at radius 3 is 1.83 bits per heavy atom. The molecule has 0 fully saturated rings. The van der Waals surface area contributed by atoms with Crippen molar-refractivity contribution in [3.63, 3.8) is 0 Å². The summed E-state index contributed by atoms with van der Waals surface area (Å²) in [5, 5.41) is -0.831. The molecule has 0 saturated heterocycles. The molecule has 108 valence electrons. The molecular formula is C14H28O3S. The number of Topliss-reactive ketones (excluding diaryl/α,β-unsaturated/α-hetero) is 1. The number of hydrogen-bond donors (Lipinski definition) is 0. The van der Waals surface area contributed by atoms with Gasteiger partial charge in [0.15, 0.2) is 15.6 Å². The highest BCUT2D eigenvalue weighted by atomic mass is 32.2. The van der Waals surface area contributed by atoms with Crippen molar-refractivity contribution in [1.82, 2.24) is 0 Å². The van der Waals surface area contributed by atoms with Gasteiger partial charge in [0.2, 0.25) is 0 Å². The summed E-state index contributed by atoms with van der Waals surface area (Å²) >= 11 is 0. The van der Waals surface area contributed by atoms with E-state index in [1.54, 1.807) is 0 Å². The number of rotatable bonds is 11. The zero-order valence-corrected chi connectivity index (χ0v) is 12.9. The SMILES string of the molecule is CCCCCCCCCCC(=O)C(C)S(C)(=O)=O. The average molecular weight is 276 g/mol. The van der Waals surface area contributed by atoms with Crippen LogP contribution in [0.5, 0.6) is 0 Å². The Morgan fingerprint density at radius 2 is 1.39 bits per heavy atom. The topological polar surface area (TPSA) is 51.2 Å². The molecule has 3 nitrogen and oxygen atoms in total. The van der Waals surface area contributed by atoms with E-state index in [1.807, 2.05) is 0 Å². The van der Waals surface area contributed by atoms with Crippen LogP contribution in [0.4, 0.5) is 0 Å². The van der Waals surface area contributed by atoms with Crippen LogP contribution in [0.25, 0.3) is 0 Å². The fraction of sp³-hybridized carbons (Fsp3) is 0.929. The van der Waals surface area contributed by atoms with E-state index in [0.29, 0.717) is 6.42 Å². The monoisotopic (exact) mass is 276 g/mol. The maximum Gasteiger partial charge on any atom is 0.157 e. The first-order chi connectivity index (χ1) is 8.39. The van der Waals surface area contributed by atoms with Crippen molar-refractivity contribution in [2.24, 2.45) is 0 Å². The maximum atomic E-state index is 11.6. The normalized spacial score (nSPS) is 13.5. The van der Waals surface area contributed by atoms with Crippen LogP contribution in [-0.2, 0) is 14.6 Å². The van der Waals surface area contributed by atoms with Gasteiger partial charge in [-0.25, -0.2) is 8.42 Å². The number of hydrogen-bond acceptors (Lipinski definition) is 3. The quantitative estimate of drug-likeness (QED) is 0.543. The van der Waals surface area contributed by atoms with E-state index in [1.165, 1.54) is 39.0 Å². The molecular weight excluding hydrogens is 248 g/mol. The van der Waals surface area contributed by atoms with Gasteiger partial charge in [-0.05, 0) is 13.3 Å². The van der Waals surface area contributed by atoms with E-state index in [9.17, 15) is 13.2 Å². The van der Waals surface area contributed by atoms with Gasteiger partial charge in [0.05, 0.1) is 0 Å². The second-order valence-corrected chi connectivity index (χ2v) is 7.53. The number of unbranched alkanes of at least 4 members (excludes halogenated alkanes) is 7. The van der Waals surface area contributed by atoms with Gasteiger partial charge in [0.1, 0.15) is 5.25 Å². The molecule has 0 aromatic heterocycles. The van der Waals surface area contributed by atoms with Crippen LogP contribution < -0.4 is 0 Å². The van der Waals surface area contributed by atoms with Crippen molar-refractivity contribution in [2.75, 3.05) is 6.26 Å². The second kappa shape index (κ2) is 9.54. The molecule has 0 N–H and O–H groups in total. The minimum absolute atomic E-state index is 0.136. The maximum absolute atomic E-state index is 11.6. The first-order valence-electron chi connectivity index (χ1n) is 7.11. The molecule has 0 bridgehead atoms. The molecule has 18 heavy (non-hydrogen) atoms. The Balaban J connectivity index is 3.53. The predicted molar refractivity (Wildman–Crippen MR) is 76.5 cm³/mol. The molecule has 4 heteroatoms. The molecule has 1 unspecified atom stereocenters. The van der Waals surface area contributed by atoms with Gasteiger partial charge >= 0.3 is 0 Å². The Labute approximate surface area is 112 Å². The Hall–Kier alpha value is -0.380. The smallest absolute Gasteiger partial charge is 0.157 e. The van der Waals surface area contributed by atoms with Gasteiger partial charge in [0, 0.05) is 12.7 Å². The fourth-order valence-electron chi connectivity index (χ4n) is 1.88. The van der Waals surface area contributed by atoms with Crippen LogP contribution in [0, 0.1) is 0 Å². The summed E-state index contributed by atoms with van der Waals surface area (Å²) in [6, 6.07) is 0. The highest BCUT2D eigenvalue weighted by Gasteiger charge is 2.22. The summed E-state index contributed by atoms with van der Waals surface area (Å²) in [6.45, 7) is 3.69. The van der Waals surface area contributed by atoms with Gasteiger partial charge in [0.25, 0.3) is 0 Å². The van der Waals surface area contributed by atoms with E-state index < -0.39 is 15.1 Å².